The van der Waals surface area contributed by atoms with Crippen LogP contribution in [-0.2, 0) is 13.1 Å². The average molecular weight is 474 g/mol. The average Bonchev–Trinajstić information content (AvgIpc) is 2.93. The van der Waals surface area contributed by atoms with Gasteiger partial charge >= 0.3 is 0 Å². The molecule has 4 aromatic carbocycles. The highest BCUT2D eigenvalue weighted by molar-refractivity contribution is 6.09. The summed E-state index contributed by atoms with van der Waals surface area (Å²) in [4.78, 5) is 47.9. The fourth-order valence-electron chi connectivity index (χ4n) is 4.10. The van der Waals surface area contributed by atoms with E-state index in [0.717, 1.165) is 5.56 Å². The number of fused-ring (bicyclic) bond motifs is 1. The molecule has 0 spiro atoms. The number of carbonyl (C=O) groups is 2. The van der Waals surface area contributed by atoms with Crippen LogP contribution < -0.4 is 5.56 Å². The van der Waals surface area contributed by atoms with Gasteiger partial charge in [0.05, 0.1) is 17.4 Å². The molecule has 1 N–H and O–H groups in total. The minimum Gasteiger partial charge on any atom is -0.327 e. The minimum absolute atomic E-state index is 0.103. The quantitative estimate of drug-likeness (QED) is 0.337. The first-order valence-corrected chi connectivity index (χ1v) is 11.6. The molecule has 36 heavy (non-hydrogen) atoms. The Kier molecular flexibility index (Phi) is 6.49. The van der Waals surface area contributed by atoms with Gasteiger partial charge in [-0.3, -0.25) is 14.4 Å². The van der Waals surface area contributed by atoms with E-state index in [-0.39, 0.29) is 23.8 Å². The maximum absolute atomic E-state index is 13.6. The van der Waals surface area contributed by atoms with E-state index in [4.69, 9.17) is 0 Å². The summed E-state index contributed by atoms with van der Waals surface area (Å²) in [6.45, 7) is 0.458. The van der Waals surface area contributed by atoms with Crippen molar-refractivity contribution < 1.29 is 9.59 Å². The van der Waals surface area contributed by atoms with E-state index in [1.165, 1.54) is 0 Å². The van der Waals surface area contributed by atoms with Crippen molar-refractivity contribution in [2.45, 2.75) is 13.1 Å². The van der Waals surface area contributed by atoms with E-state index in [2.05, 4.69) is 9.97 Å². The Bertz CT molecular complexity index is 1580. The number of hydrogen-bond donors (Lipinski definition) is 1. The standard InChI is InChI=1S/C30H23N3O3/c34-28(22-11-5-2-6-12-22)23-15-17-24(18-16-23)30(36)33(19-21-9-3-1-4-10-21)20-27-31-26-14-8-7-13-25(26)29(35)32-27/h1-18H,19-20H2,(H,31,32,35). The summed E-state index contributed by atoms with van der Waals surface area (Å²) in [7, 11) is 0. The molecule has 0 unspecified atom stereocenters. The van der Waals surface area contributed by atoms with E-state index < -0.39 is 0 Å². The minimum atomic E-state index is -0.244. The fraction of sp³-hybridized carbons (Fsp3) is 0.0667. The number of aromatic nitrogens is 2. The lowest BCUT2D eigenvalue weighted by Crippen LogP contribution is -2.31. The second-order valence-corrected chi connectivity index (χ2v) is 8.45. The number of rotatable bonds is 7. The van der Waals surface area contributed by atoms with Crippen LogP contribution in [0.25, 0.3) is 10.9 Å². The molecule has 0 aliphatic carbocycles. The van der Waals surface area contributed by atoms with E-state index in [9.17, 15) is 14.4 Å². The molecular weight excluding hydrogens is 450 g/mol. The fourth-order valence-corrected chi connectivity index (χ4v) is 4.10. The zero-order valence-electron chi connectivity index (χ0n) is 19.4. The second-order valence-electron chi connectivity index (χ2n) is 8.45. The molecule has 1 aromatic heterocycles. The summed E-state index contributed by atoms with van der Waals surface area (Å²) in [5.41, 5.74) is 2.82. The Labute approximate surface area is 207 Å². The van der Waals surface area contributed by atoms with Crippen LogP contribution in [0.4, 0.5) is 0 Å². The van der Waals surface area contributed by atoms with Crippen molar-refractivity contribution in [2.75, 3.05) is 0 Å². The van der Waals surface area contributed by atoms with E-state index in [1.807, 2.05) is 54.6 Å². The summed E-state index contributed by atoms with van der Waals surface area (Å²) < 4.78 is 0. The lowest BCUT2D eigenvalue weighted by atomic mass is 10.0. The van der Waals surface area contributed by atoms with Gasteiger partial charge in [-0.1, -0.05) is 84.9 Å². The van der Waals surface area contributed by atoms with Crippen LogP contribution >= 0.6 is 0 Å². The monoisotopic (exact) mass is 473 g/mol. The summed E-state index contributed by atoms with van der Waals surface area (Å²) in [5.74, 6) is 0.0703. The molecular formula is C30H23N3O3. The molecule has 0 saturated heterocycles. The number of aromatic amines is 1. The Morgan fingerprint density at radius 3 is 1.97 bits per heavy atom. The van der Waals surface area contributed by atoms with Gasteiger partial charge in [0.25, 0.3) is 11.5 Å². The number of H-pyrrole nitrogens is 1. The molecule has 0 aliphatic rings. The van der Waals surface area contributed by atoms with Gasteiger partial charge in [-0.25, -0.2) is 4.98 Å². The molecule has 0 saturated carbocycles. The normalized spacial score (nSPS) is 10.8. The molecule has 5 rings (SSSR count). The summed E-state index contributed by atoms with van der Waals surface area (Å²) in [6.07, 6.45) is 0. The number of ketones is 1. The van der Waals surface area contributed by atoms with Crippen LogP contribution in [0.2, 0.25) is 0 Å². The Morgan fingerprint density at radius 2 is 1.25 bits per heavy atom. The number of nitrogens with zero attached hydrogens (tertiary/aromatic N) is 2. The number of hydrogen-bond acceptors (Lipinski definition) is 4. The van der Waals surface area contributed by atoms with Crippen LogP contribution in [0.3, 0.4) is 0 Å². The van der Waals surface area contributed by atoms with Crippen molar-refractivity contribution in [3.8, 4) is 0 Å². The van der Waals surface area contributed by atoms with Gasteiger partial charge in [-0.05, 0) is 29.8 Å². The predicted molar refractivity (Wildman–Crippen MR) is 139 cm³/mol. The lowest BCUT2D eigenvalue weighted by Gasteiger charge is -2.23. The zero-order chi connectivity index (χ0) is 24.9. The third kappa shape index (κ3) is 4.98. The smallest absolute Gasteiger partial charge is 0.258 e. The molecule has 1 heterocycles. The Hall–Kier alpha value is -4.84. The molecule has 0 aliphatic heterocycles. The van der Waals surface area contributed by atoms with Crippen LogP contribution in [0.1, 0.15) is 37.7 Å². The first kappa shape index (κ1) is 22.9. The number of para-hydroxylation sites is 1. The van der Waals surface area contributed by atoms with Gasteiger partial charge in [0, 0.05) is 23.2 Å². The van der Waals surface area contributed by atoms with Gasteiger partial charge < -0.3 is 9.88 Å². The Morgan fingerprint density at radius 1 is 0.667 bits per heavy atom. The maximum Gasteiger partial charge on any atom is 0.258 e. The number of carbonyl (C=O) groups excluding carboxylic acids is 2. The topological polar surface area (TPSA) is 83.1 Å². The van der Waals surface area contributed by atoms with Crippen molar-refractivity contribution in [3.63, 3.8) is 0 Å². The van der Waals surface area contributed by atoms with Gasteiger partial charge in [0.2, 0.25) is 0 Å². The van der Waals surface area contributed by atoms with Gasteiger partial charge in [0.15, 0.2) is 5.78 Å². The van der Waals surface area contributed by atoms with Crippen molar-refractivity contribution in [1.82, 2.24) is 14.9 Å². The van der Waals surface area contributed by atoms with E-state index >= 15 is 0 Å². The SMILES string of the molecule is O=C(c1ccccc1)c1ccc(C(=O)N(Cc2ccccc2)Cc2nc3ccccc3c(=O)[nH]2)cc1. The molecule has 1 amide bonds. The van der Waals surface area contributed by atoms with E-state index in [0.29, 0.717) is 40.0 Å². The van der Waals surface area contributed by atoms with E-state index in [1.54, 1.807) is 59.5 Å². The van der Waals surface area contributed by atoms with Crippen molar-refractivity contribution in [1.29, 1.82) is 0 Å². The summed E-state index contributed by atoms with van der Waals surface area (Å²) in [6, 6.07) is 32.4. The molecule has 176 valence electrons. The van der Waals surface area contributed by atoms with Gasteiger partial charge in [-0.15, -0.1) is 0 Å². The first-order chi connectivity index (χ1) is 17.6. The van der Waals surface area contributed by atoms with Crippen LogP contribution in [-0.4, -0.2) is 26.6 Å². The molecule has 6 nitrogen and oxygen atoms in total. The molecule has 0 radical (unpaired) electrons. The molecule has 0 fully saturated rings. The van der Waals surface area contributed by atoms with Crippen LogP contribution in [0.15, 0.2) is 114 Å². The number of nitrogens with one attached hydrogen (secondary N) is 1. The van der Waals surface area contributed by atoms with Crippen LogP contribution in [0, 0.1) is 0 Å². The summed E-state index contributed by atoms with van der Waals surface area (Å²) >= 11 is 0. The number of amides is 1. The summed E-state index contributed by atoms with van der Waals surface area (Å²) in [5, 5.41) is 0.501. The molecule has 0 atom stereocenters. The van der Waals surface area contributed by atoms with Gasteiger partial charge in [-0.2, -0.15) is 0 Å². The van der Waals surface area contributed by atoms with Crippen molar-refractivity contribution >= 4 is 22.6 Å². The Balaban J connectivity index is 1.44. The maximum atomic E-state index is 13.6. The highest BCUT2D eigenvalue weighted by Crippen LogP contribution is 2.16. The number of benzene rings is 4. The van der Waals surface area contributed by atoms with Crippen LogP contribution in [0.5, 0.6) is 0 Å². The van der Waals surface area contributed by atoms with Gasteiger partial charge in [0.1, 0.15) is 5.82 Å². The van der Waals surface area contributed by atoms with Crippen molar-refractivity contribution in [3.05, 3.63) is 148 Å². The second kappa shape index (κ2) is 10.2. The highest BCUT2D eigenvalue weighted by Gasteiger charge is 2.19. The zero-order valence-corrected chi connectivity index (χ0v) is 19.4. The third-order valence-corrected chi connectivity index (χ3v) is 5.94. The predicted octanol–water partition coefficient (Wildman–Crippen LogP) is 5.00. The highest BCUT2D eigenvalue weighted by atomic mass is 16.2. The largest absolute Gasteiger partial charge is 0.327 e. The lowest BCUT2D eigenvalue weighted by molar-refractivity contribution is 0.0725. The molecule has 5 aromatic rings. The van der Waals surface area contributed by atoms with Crippen molar-refractivity contribution in [2.24, 2.45) is 0 Å². The molecule has 6 heteroatoms. The molecule has 0 bridgehead atoms. The first-order valence-electron chi connectivity index (χ1n) is 11.6. The third-order valence-electron chi connectivity index (χ3n) is 5.94.